The summed E-state index contributed by atoms with van der Waals surface area (Å²) in [6.07, 6.45) is 0. The minimum absolute atomic E-state index is 0.144. The first-order valence-corrected chi connectivity index (χ1v) is 4.97. The molecule has 88 valence electrons. The SMILES string of the molecule is Fc1cc(F)c(-c2c(F)cccc2Cl)c(F)c1. The van der Waals surface area contributed by atoms with E-state index in [-0.39, 0.29) is 5.02 Å². The lowest BCUT2D eigenvalue weighted by atomic mass is 10.0. The molecule has 0 saturated heterocycles. The van der Waals surface area contributed by atoms with E-state index in [1.165, 1.54) is 12.1 Å². The van der Waals surface area contributed by atoms with Crippen LogP contribution >= 0.6 is 11.6 Å². The van der Waals surface area contributed by atoms with Crippen molar-refractivity contribution in [2.75, 3.05) is 0 Å². The summed E-state index contributed by atoms with van der Waals surface area (Å²) in [6.45, 7) is 0. The summed E-state index contributed by atoms with van der Waals surface area (Å²) in [5.74, 6) is -4.35. The summed E-state index contributed by atoms with van der Waals surface area (Å²) in [4.78, 5) is 0. The zero-order valence-corrected chi connectivity index (χ0v) is 9.03. The molecule has 2 aromatic carbocycles. The Morgan fingerprint density at radius 2 is 1.35 bits per heavy atom. The summed E-state index contributed by atoms with van der Waals surface area (Å²) in [6, 6.07) is 4.56. The number of hydrogen-bond acceptors (Lipinski definition) is 0. The minimum Gasteiger partial charge on any atom is -0.207 e. The van der Waals surface area contributed by atoms with E-state index in [1.807, 2.05) is 0 Å². The third-order valence-corrected chi connectivity index (χ3v) is 2.53. The van der Waals surface area contributed by atoms with Gasteiger partial charge in [0, 0.05) is 17.7 Å². The van der Waals surface area contributed by atoms with Crippen molar-refractivity contribution in [3.05, 3.63) is 58.6 Å². The molecule has 0 fully saturated rings. The summed E-state index contributed by atoms with van der Waals surface area (Å²) in [5.41, 5.74) is -1.08. The van der Waals surface area contributed by atoms with Crippen LogP contribution in [0.1, 0.15) is 0 Å². The van der Waals surface area contributed by atoms with E-state index < -0.39 is 34.4 Å². The van der Waals surface area contributed by atoms with Crippen LogP contribution in [0.15, 0.2) is 30.3 Å². The van der Waals surface area contributed by atoms with Crippen LogP contribution in [0.3, 0.4) is 0 Å². The fourth-order valence-corrected chi connectivity index (χ4v) is 1.78. The molecule has 17 heavy (non-hydrogen) atoms. The van der Waals surface area contributed by atoms with Gasteiger partial charge in [-0.2, -0.15) is 0 Å². The van der Waals surface area contributed by atoms with Gasteiger partial charge in [-0.05, 0) is 12.1 Å². The van der Waals surface area contributed by atoms with Crippen molar-refractivity contribution >= 4 is 11.6 Å². The van der Waals surface area contributed by atoms with Gasteiger partial charge in [-0.15, -0.1) is 0 Å². The normalized spacial score (nSPS) is 10.6. The minimum atomic E-state index is -1.20. The maximum absolute atomic E-state index is 13.5. The highest BCUT2D eigenvalue weighted by Crippen LogP contribution is 2.34. The molecule has 0 amide bonds. The van der Waals surface area contributed by atoms with E-state index in [9.17, 15) is 17.6 Å². The van der Waals surface area contributed by atoms with Crippen molar-refractivity contribution in [2.45, 2.75) is 0 Å². The second-order valence-electron chi connectivity index (χ2n) is 3.34. The van der Waals surface area contributed by atoms with Crippen LogP contribution in [0.2, 0.25) is 5.02 Å². The highest BCUT2D eigenvalue weighted by atomic mass is 35.5. The molecule has 0 aliphatic rings. The second kappa shape index (κ2) is 4.37. The number of hydrogen-bond donors (Lipinski definition) is 0. The first kappa shape index (κ1) is 11.9. The highest BCUT2D eigenvalue weighted by molar-refractivity contribution is 6.33. The molecular weight excluding hydrogens is 256 g/mol. The van der Waals surface area contributed by atoms with Crippen LogP contribution < -0.4 is 0 Å². The van der Waals surface area contributed by atoms with E-state index in [4.69, 9.17) is 11.6 Å². The molecule has 0 heterocycles. The fraction of sp³-hybridized carbons (Fsp3) is 0. The lowest BCUT2D eigenvalue weighted by Crippen LogP contribution is -1.95. The molecule has 2 aromatic rings. The Balaban J connectivity index is 2.77. The van der Waals surface area contributed by atoms with E-state index in [2.05, 4.69) is 0 Å². The average Bonchev–Trinajstić information content (AvgIpc) is 2.21. The molecular formula is C12H5ClF4. The lowest BCUT2D eigenvalue weighted by Gasteiger charge is -2.08. The van der Waals surface area contributed by atoms with Crippen LogP contribution in [-0.4, -0.2) is 0 Å². The van der Waals surface area contributed by atoms with Crippen molar-refractivity contribution in [3.8, 4) is 11.1 Å². The van der Waals surface area contributed by atoms with E-state index >= 15 is 0 Å². The van der Waals surface area contributed by atoms with E-state index in [1.54, 1.807) is 0 Å². The first-order valence-electron chi connectivity index (χ1n) is 4.59. The second-order valence-corrected chi connectivity index (χ2v) is 3.75. The molecule has 0 aromatic heterocycles. The first-order chi connectivity index (χ1) is 8.00. The Bertz CT molecular complexity index is 537. The van der Waals surface area contributed by atoms with Gasteiger partial charge in [0.2, 0.25) is 0 Å². The van der Waals surface area contributed by atoms with Crippen LogP contribution in [-0.2, 0) is 0 Å². The van der Waals surface area contributed by atoms with E-state index in [0.717, 1.165) is 6.07 Å². The topological polar surface area (TPSA) is 0 Å². The van der Waals surface area contributed by atoms with E-state index in [0.29, 0.717) is 12.1 Å². The molecule has 0 unspecified atom stereocenters. The lowest BCUT2D eigenvalue weighted by molar-refractivity contribution is 0.545. The Morgan fingerprint density at radius 1 is 0.765 bits per heavy atom. The summed E-state index contributed by atoms with van der Waals surface area (Å²) in [5, 5.41) is -0.144. The third-order valence-electron chi connectivity index (χ3n) is 2.22. The molecule has 0 aliphatic heterocycles. The Labute approximate surface area is 99.5 Å². The van der Waals surface area contributed by atoms with Gasteiger partial charge in [0.05, 0.1) is 10.6 Å². The predicted molar refractivity (Wildman–Crippen MR) is 56.7 cm³/mol. The molecule has 0 aliphatic carbocycles. The van der Waals surface area contributed by atoms with Crippen molar-refractivity contribution in [3.63, 3.8) is 0 Å². The van der Waals surface area contributed by atoms with Gasteiger partial charge in [-0.3, -0.25) is 0 Å². The Hall–Kier alpha value is -1.55. The summed E-state index contributed by atoms with van der Waals surface area (Å²) < 4.78 is 53.1. The molecule has 0 radical (unpaired) electrons. The largest absolute Gasteiger partial charge is 0.207 e. The van der Waals surface area contributed by atoms with Gasteiger partial charge in [-0.25, -0.2) is 17.6 Å². The fourth-order valence-electron chi connectivity index (χ4n) is 1.52. The Kier molecular flexibility index (Phi) is 3.07. The number of rotatable bonds is 1. The number of benzene rings is 2. The highest BCUT2D eigenvalue weighted by Gasteiger charge is 2.19. The zero-order valence-electron chi connectivity index (χ0n) is 8.28. The molecule has 0 saturated carbocycles. The molecule has 0 atom stereocenters. The summed E-state index contributed by atoms with van der Waals surface area (Å²) >= 11 is 5.68. The Morgan fingerprint density at radius 3 is 1.88 bits per heavy atom. The zero-order chi connectivity index (χ0) is 12.6. The predicted octanol–water partition coefficient (Wildman–Crippen LogP) is 4.56. The van der Waals surface area contributed by atoms with Crippen molar-refractivity contribution in [1.82, 2.24) is 0 Å². The number of halogens is 5. The molecule has 0 spiro atoms. The van der Waals surface area contributed by atoms with Crippen molar-refractivity contribution < 1.29 is 17.6 Å². The van der Waals surface area contributed by atoms with Gasteiger partial charge in [0.25, 0.3) is 0 Å². The monoisotopic (exact) mass is 260 g/mol. The van der Waals surface area contributed by atoms with Crippen LogP contribution in [0.4, 0.5) is 17.6 Å². The third kappa shape index (κ3) is 2.13. The van der Waals surface area contributed by atoms with Crippen molar-refractivity contribution in [1.29, 1.82) is 0 Å². The van der Waals surface area contributed by atoms with Gasteiger partial charge in [0.1, 0.15) is 23.3 Å². The van der Waals surface area contributed by atoms with Gasteiger partial charge in [0.15, 0.2) is 0 Å². The molecule has 0 nitrogen and oxygen atoms in total. The van der Waals surface area contributed by atoms with Gasteiger partial charge < -0.3 is 0 Å². The maximum atomic E-state index is 13.5. The van der Waals surface area contributed by atoms with Crippen LogP contribution in [0.5, 0.6) is 0 Å². The standard InChI is InChI=1S/C12H5ClF4/c13-7-2-1-3-8(15)11(7)12-9(16)4-6(14)5-10(12)17/h1-5H. The average molecular weight is 261 g/mol. The molecule has 0 N–H and O–H groups in total. The van der Waals surface area contributed by atoms with Gasteiger partial charge in [-0.1, -0.05) is 17.7 Å². The smallest absolute Gasteiger partial charge is 0.137 e. The quantitative estimate of drug-likeness (QED) is 0.659. The van der Waals surface area contributed by atoms with Crippen molar-refractivity contribution in [2.24, 2.45) is 0 Å². The molecule has 2 rings (SSSR count). The molecule has 0 bridgehead atoms. The summed E-state index contributed by atoms with van der Waals surface area (Å²) in [7, 11) is 0. The van der Waals surface area contributed by atoms with Crippen LogP contribution in [0.25, 0.3) is 11.1 Å². The van der Waals surface area contributed by atoms with Crippen LogP contribution in [0, 0.1) is 23.3 Å². The molecule has 5 heteroatoms. The maximum Gasteiger partial charge on any atom is 0.137 e. The van der Waals surface area contributed by atoms with Gasteiger partial charge >= 0.3 is 0 Å².